The van der Waals surface area contributed by atoms with Crippen LogP contribution in [0.2, 0.25) is 0 Å². The first-order chi connectivity index (χ1) is 40.5. The minimum absolute atomic E-state index is 0.0608. The number of hydrogen-bond acceptors (Lipinski definition) is 19. The van der Waals surface area contributed by atoms with Gasteiger partial charge in [-0.1, -0.05) is 148 Å². The number of fused-ring (bicyclic) bond motifs is 3. The van der Waals surface area contributed by atoms with Crippen LogP contribution in [0.5, 0.6) is 0 Å². The van der Waals surface area contributed by atoms with Gasteiger partial charge in [0.25, 0.3) is 0 Å². The van der Waals surface area contributed by atoms with E-state index >= 15 is 0 Å². The van der Waals surface area contributed by atoms with Crippen LogP contribution in [-0.2, 0) is 75.8 Å². The van der Waals surface area contributed by atoms with E-state index in [-0.39, 0.29) is 37.6 Å². The first-order valence-corrected chi connectivity index (χ1v) is 28.9. The van der Waals surface area contributed by atoms with Crippen molar-refractivity contribution in [2.24, 2.45) is 17.8 Å². The molecule has 0 bridgehead atoms. The molecule has 0 saturated carbocycles. The number of benzene rings is 5. The average molecular weight is 1150 g/mol. The Labute approximate surface area is 482 Å². The molecule has 0 aromatic heterocycles. The second-order valence-electron chi connectivity index (χ2n) is 22.2. The molecule has 19 heteroatoms. The predicted molar refractivity (Wildman–Crippen MR) is 291 cm³/mol. The molecule has 12 rings (SSSR count). The number of aliphatic hydroxyl groups excluding tert-OH is 1. The molecule has 442 valence electrons. The molecule has 7 aliphatic heterocycles. The van der Waals surface area contributed by atoms with Crippen LogP contribution in [0.4, 0.5) is 0 Å². The fourth-order valence-corrected chi connectivity index (χ4v) is 12.0. The van der Waals surface area contributed by atoms with Gasteiger partial charge < -0.3 is 80.9 Å². The van der Waals surface area contributed by atoms with E-state index in [1.807, 2.05) is 119 Å². The molecule has 19 nitrogen and oxygen atoms in total. The fraction of sp³-hybridized carbons (Fsp3) is 0.500. The van der Waals surface area contributed by atoms with Gasteiger partial charge in [0, 0.05) is 41.1 Å². The summed E-state index contributed by atoms with van der Waals surface area (Å²) in [4.78, 5) is 28.7. The Balaban J connectivity index is 0.867. The Bertz CT molecular complexity index is 2870. The lowest BCUT2D eigenvalue weighted by molar-refractivity contribution is -0.409. The van der Waals surface area contributed by atoms with Gasteiger partial charge in [0.05, 0.1) is 49.3 Å². The molecule has 11 unspecified atom stereocenters. The summed E-state index contributed by atoms with van der Waals surface area (Å²) in [6, 6.07) is 45.8. The molecular formula is C64H72O19. The van der Waals surface area contributed by atoms with Crippen molar-refractivity contribution in [1.82, 2.24) is 0 Å². The smallest absolute Gasteiger partial charge is 0.338 e. The summed E-state index contributed by atoms with van der Waals surface area (Å²) in [6.07, 6.45) is -18.8. The zero-order valence-electron chi connectivity index (χ0n) is 46.8. The van der Waals surface area contributed by atoms with Gasteiger partial charge in [-0.2, -0.15) is 0 Å². The summed E-state index contributed by atoms with van der Waals surface area (Å²) < 4.78 is 106. The third kappa shape index (κ3) is 12.5. The monoisotopic (exact) mass is 1140 g/mol. The third-order valence-corrected chi connectivity index (χ3v) is 16.8. The highest BCUT2D eigenvalue weighted by atomic mass is 16.8. The van der Waals surface area contributed by atoms with Gasteiger partial charge in [-0.05, 0) is 38.1 Å². The van der Waals surface area contributed by atoms with E-state index in [1.54, 1.807) is 67.6 Å². The molecule has 1 N–H and O–H groups in total. The lowest BCUT2D eigenvalue weighted by atomic mass is 9.88. The van der Waals surface area contributed by atoms with Crippen molar-refractivity contribution in [1.29, 1.82) is 0 Å². The molecule has 7 aliphatic rings. The Morgan fingerprint density at radius 3 is 1.31 bits per heavy atom. The number of esters is 2. The van der Waals surface area contributed by atoms with Gasteiger partial charge in [-0.15, -0.1) is 0 Å². The molecule has 0 radical (unpaired) electrons. The summed E-state index contributed by atoms with van der Waals surface area (Å²) >= 11 is 0. The van der Waals surface area contributed by atoms with Crippen molar-refractivity contribution in [3.63, 3.8) is 0 Å². The molecule has 0 aliphatic carbocycles. The van der Waals surface area contributed by atoms with Crippen LogP contribution in [0.3, 0.4) is 0 Å². The molecule has 0 spiro atoms. The zero-order chi connectivity index (χ0) is 57.1. The van der Waals surface area contributed by atoms with Crippen LogP contribution in [-0.4, -0.2) is 148 Å². The first kappa shape index (κ1) is 57.9. The van der Waals surface area contributed by atoms with E-state index < -0.39 is 153 Å². The van der Waals surface area contributed by atoms with Gasteiger partial charge in [0.1, 0.15) is 48.8 Å². The zero-order valence-corrected chi connectivity index (χ0v) is 46.8. The molecule has 7 heterocycles. The maximum Gasteiger partial charge on any atom is 0.338 e. The number of hydrogen-bond donors (Lipinski definition) is 1. The van der Waals surface area contributed by atoms with Gasteiger partial charge in [-0.25, -0.2) is 9.59 Å². The Kier molecular flexibility index (Phi) is 18.1. The predicted octanol–water partition coefficient (Wildman–Crippen LogP) is 8.16. The fourth-order valence-electron chi connectivity index (χ4n) is 12.0. The quantitative estimate of drug-likeness (QED) is 0.0983. The van der Waals surface area contributed by atoms with Gasteiger partial charge in [-0.3, -0.25) is 0 Å². The van der Waals surface area contributed by atoms with E-state index in [0.717, 1.165) is 16.7 Å². The van der Waals surface area contributed by atoms with Crippen LogP contribution >= 0.6 is 0 Å². The van der Waals surface area contributed by atoms with Gasteiger partial charge >= 0.3 is 11.9 Å². The van der Waals surface area contributed by atoms with Crippen molar-refractivity contribution < 1.29 is 90.5 Å². The van der Waals surface area contributed by atoms with Gasteiger partial charge in [0.2, 0.25) is 0 Å². The average Bonchev–Trinajstić information content (AvgIpc) is 3.37. The normalized spacial score (nSPS) is 38.8. The number of carbonyl (C=O) groups is 2. The van der Waals surface area contributed by atoms with Crippen molar-refractivity contribution in [2.75, 3.05) is 26.4 Å². The van der Waals surface area contributed by atoms with Crippen molar-refractivity contribution in [2.45, 2.75) is 158 Å². The second-order valence-corrected chi connectivity index (χ2v) is 22.2. The SMILES string of the molecule is CCOC1OC2COC(c3ccccc3)O[C@H]2[C@H](O[C@@H]2OC(C)C(C)[C@H](O[C@@H]3OC4COC(c5ccccc5)O[C@H]4[C@H](O[C@@H]4OC5COC(c6ccccc6)O[C@H]5[C@H](C)C4O)C3C)[C@@H]2OC(=O)c2ccccc2)[C@@H]1OC(=O)c1ccccc1. The Hall–Kier alpha value is -5.56. The Morgan fingerprint density at radius 2 is 0.819 bits per heavy atom. The lowest BCUT2D eigenvalue weighted by Crippen LogP contribution is -2.67. The largest absolute Gasteiger partial charge is 0.451 e. The highest BCUT2D eigenvalue weighted by Crippen LogP contribution is 2.45. The molecule has 0 amide bonds. The van der Waals surface area contributed by atoms with Crippen LogP contribution in [0.25, 0.3) is 0 Å². The van der Waals surface area contributed by atoms with E-state index in [2.05, 4.69) is 0 Å². The van der Waals surface area contributed by atoms with E-state index in [0.29, 0.717) is 0 Å². The molecular weight excluding hydrogens is 1070 g/mol. The second kappa shape index (κ2) is 26.0. The summed E-state index contributed by atoms with van der Waals surface area (Å²) in [5.41, 5.74) is 2.94. The first-order valence-electron chi connectivity index (χ1n) is 28.9. The van der Waals surface area contributed by atoms with Gasteiger partial charge in [0.15, 0.2) is 56.2 Å². The summed E-state index contributed by atoms with van der Waals surface area (Å²) in [5.74, 6) is -2.92. The molecule has 83 heavy (non-hydrogen) atoms. The third-order valence-electron chi connectivity index (χ3n) is 16.8. The molecule has 7 saturated heterocycles. The van der Waals surface area contributed by atoms with E-state index in [4.69, 9.17) is 75.8 Å². The molecule has 5 aromatic rings. The van der Waals surface area contributed by atoms with Crippen LogP contribution in [0.15, 0.2) is 152 Å². The van der Waals surface area contributed by atoms with Crippen LogP contribution in [0.1, 0.15) is 90.9 Å². The highest BCUT2D eigenvalue weighted by molar-refractivity contribution is 5.90. The summed E-state index contributed by atoms with van der Waals surface area (Å²) in [5, 5.41) is 12.1. The van der Waals surface area contributed by atoms with Crippen LogP contribution < -0.4 is 0 Å². The number of rotatable bonds is 15. The van der Waals surface area contributed by atoms with E-state index in [9.17, 15) is 14.7 Å². The van der Waals surface area contributed by atoms with Crippen molar-refractivity contribution in [3.8, 4) is 0 Å². The number of ether oxygens (including phenoxy) is 16. The van der Waals surface area contributed by atoms with Crippen molar-refractivity contribution >= 4 is 11.9 Å². The number of carbonyl (C=O) groups excluding carboxylic acids is 2. The Morgan fingerprint density at radius 1 is 0.422 bits per heavy atom. The summed E-state index contributed by atoms with van der Waals surface area (Å²) in [7, 11) is 0. The highest BCUT2D eigenvalue weighted by Gasteiger charge is 2.59. The molecule has 5 aromatic carbocycles. The van der Waals surface area contributed by atoms with Crippen molar-refractivity contribution in [3.05, 3.63) is 179 Å². The van der Waals surface area contributed by atoms with E-state index in [1.165, 1.54) is 0 Å². The minimum Gasteiger partial charge on any atom is -0.451 e. The standard InChI is InChI=1S/C64H72O19/c1-6-68-63-55(77-57(67)40-24-14-8-15-25-40)53(52-46(75-63)34-71-61(82-52)43-30-20-11-21-31-43)83-64-54(76-56(66)39-22-12-7-13-23-39)49(35(2)38(5)72-64)79-58-37(4)50(51-45(73-58)33-70-60(81-51)42-28-18-10-19-29-42)80-62-47(65)36(3)48-44(74-62)32-69-59(78-48)41-26-16-9-17-27-41/h7-31,35-38,44-55,58-65H,6,32-34H2,1-5H3/t35?,36-,37?,38?,44?,45?,46?,47?,48+,49+,50-,51-,52-,53+,54+,55+,58+,59?,60?,61?,62+,63?,64+/m1/s1. The molecule has 7 fully saturated rings. The lowest BCUT2D eigenvalue weighted by Gasteiger charge is -2.53. The maximum absolute atomic E-state index is 14.6. The molecule has 23 atom stereocenters. The minimum atomic E-state index is -1.40. The topological polar surface area (TPSA) is 202 Å². The van der Waals surface area contributed by atoms with Crippen LogP contribution in [0, 0.1) is 17.8 Å². The maximum atomic E-state index is 14.6. The summed E-state index contributed by atoms with van der Waals surface area (Å²) in [6.45, 7) is 9.96. The number of aliphatic hydroxyl groups is 1.